The summed E-state index contributed by atoms with van der Waals surface area (Å²) >= 11 is 0. The summed E-state index contributed by atoms with van der Waals surface area (Å²) in [7, 11) is 3.12. The van der Waals surface area contributed by atoms with E-state index in [2.05, 4.69) is 5.10 Å². The summed E-state index contributed by atoms with van der Waals surface area (Å²) in [4.78, 5) is 10.9. The molecule has 0 saturated carbocycles. The fourth-order valence-electron chi connectivity index (χ4n) is 1.85. The molecule has 0 atom stereocenters. The van der Waals surface area contributed by atoms with Crippen LogP contribution in [0.3, 0.4) is 0 Å². The largest absolute Gasteiger partial charge is 0.476 e. The van der Waals surface area contributed by atoms with Crippen LogP contribution in [0.15, 0.2) is 24.3 Å². The molecule has 5 nitrogen and oxygen atoms in total. The number of nitrogens with zero attached hydrogens (tertiary/aromatic N) is 2. The van der Waals surface area contributed by atoms with E-state index in [1.165, 1.54) is 16.8 Å². The summed E-state index contributed by atoms with van der Waals surface area (Å²) < 4.78 is 20.2. The van der Waals surface area contributed by atoms with Gasteiger partial charge in [-0.3, -0.25) is 4.68 Å². The van der Waals surface area contributed by atoms with E-state index < -0.39 is 11.8 Å². The highest BCUT2D eigenvalue weighted by Crippen LogP contribution is 2.24. The predicted octanol–water partition coefficient (Wildman–Crippen LogP) is 2.07. The van der Waals surface area contributed by atoms with Gasteiger partial charge in [0.25, 0.3) is 0 Å². The van der Waals surface area contributed by atoms with Gasteiger partial charge < -0.3 is 9.84 Å². The zero-order chi connectivity index (χ0) is 14.0. The van der Waals surface area contributed by atoms with Gasteiger partial charge in [0, 0.05) is 19.7 Å². The summed E-state index contributed by atoms with van der Waals surface area (Å²) in [6, 6.07) is 5.92. The average Bonchev–Trinajstić information content (AvgIpc) is 2.74. The number of benzene rings is 1. The molecule has 0 aliphatic rings. The molecule has 2 aromatic rings. The first-order valence-electron chi connectivity index (χ1n) is 5.58. The lowest BCUT2D eigenvalue weighted by Crippen LogP contribution is -2.00. The number of carboxylic acids is 1. The Kier molecular flexibility index (Phi) is 3.62. The SMILES string of the molecule is COCc1ccc(F)c(-c2cc(C(=O)O)nn2C)c1. The summed E-state index contributed by atoms with van der Waals surface area (Å²) in [6.07, 6.45) is 0. The Labute approximate surface area is 109 Å². The Bertz CT molecular complexity index is 622. The number of aromatic carboxylic acids is 1. The van der Waals surface area contributed by atoms with E-state index in [4.69, 9.17) is 9.84 Å². The second-order valence-corrected chi connectivity index (χ2v) is 4.09. The second kappa shape index (κ2) is 5.19. The molecule has 19 heavy (non-hydrogen) atoms. The molecule has 0 amide bonds. The average molecular weight is 264 g/mol. The first-order chi connectivity index (χ1) is 9.02. The molecule has 1 N–H and O–H groups in total. The number of halogens is 1. The topological polar surface area (TPSA) is 64.3 Å². The fraction of sp³-hybridized carbons (Fsp3) is 0.231. The number of aromatic nitrogens is 2. The fourth-order valence-corrected chi connectivity index (χ4v) is 1.85. The van der Waals surface area contributed by atoms with Gasteiger partial charge in [-0.25, -0.2) is 9.18 Å². The molecular formula is C13H13FN2O3. The van der Waals surface area contributed by atoms with Crippen LogP contribution in [0.4, 0.5) is 4.39 Å². The van der Waals surface area contributed by atoms with Crippen molar-refractivity contribution in [3.05, 3.63) is 41.3 Å². The molecule has 1 heterocycles. The number of carboxylic acid groups (broad SMARTS) is 1. The van der Waals surface area contributed by atoms with E-state index in [9.17, 15) is 9.18 Å². The molecule has 2 rings (SSSR count). The smallest absolute Gasteiger partial charge is 0.356 e. The van der Waals surface area contributed by atoms with Crippen LogP contribution in [0.2, 0.25) is 0 Å². The zero-order valence-electron chi connectivity index (χ0n) is 10.6. The third-order valence-electron chi connectivity index (χ3n) is 2.72. The van der Waals surface area contributed by atoms with Gasteiger partial charge in [0.05, 0.1) is 12.3 Å². The van der Waals surface area contributed by atoms with Gasteiger partial charge in [0.2, 0.25) is 0 Å². The number of rotatable bonds is 4. The van der Waals surface area contributed by atoms with Gasteiger partial charge in [0.1, 0.15) is 5.82 Å². The summed E-state index contributed by atoms with van der Waals surface area (Å²) in [5.41, 5.74) is 1.40. The van der Waals surface area contributed by atoms with Crippen molar-refractivity contribution in [2.45, 2.75) is 6.61 Å². The first kappa shape index (κ1) is 13.2. The van der Waals surface area contributed by atoms with E-state index in [-0.39, 0.29) is 5.69 Å². The third-order valence-corrected chi connectivity index (χ3v) is 2.72. The number of carbonyl (C=O) groups is 1. The third kappa shape index (κ3) is 2.63. The van der Waals surface area contributed by atoms with Crippen molar-refractivity contribution in [3.8, 4) is 11.3 Å². The van der Waals surface area contributed by atoms with Crippen molar-refractivity contribution >= 4 is 5.97 Å². The Morgan fingerprint density at radius 2 is 2.21 bits per heavy atom. The predicted molar refractivity (Wildman–Crippen MR) is 66.3 cm³/mol. The zero-order valence-corrected chi connectivity index (χ0v) is 10.6. The van der Waals surface area contributed by atoms with E-state index in [1.807, 2.05) is 0 Å². The van der Waals surface area contributed by atoms with Gasteiger partial charge in [-0.15, -0.1) is 0 Å². The van der Waals surface area contributed by atoms with E-state index in [0.29, 0.717) is 17.9 Å². The van der Waals surface area contributed by atoms with Gasteiger partial charge >= 0.3 is 5.97 Å². The van der Waals surface area contributed by atoms with E-state index >= 15 is 0 Å². The molecule has 0 aliphatic carbocycles. The summed E-state index contributed by atoms with van der Waals surface area (Å²) in [5, 5.41) is 12.7. The van der Waals surface area contributed by atoms with Crippen LogP contribution >= 0.6 is 0 Å². The standard InChI is InChI=1S/C13H13FN2O3/c1-16-12(6-11(15-16)13(17)18)9-5-8(7-19-2)3-4-10(9)14/h3-6H,7H2,1-2H3,(H,17,18). The van der Waals surface area contributed by atoms with Crippen LogP contribution in [-0.4, -0.2) is 28.0 Å². The maximum Gasteiger partial charge on any atom is 0.356 e. The van der Waals surface area contributed by atoms with Gasteiger partial charge in [-0.05, 0) is 23.8 Å². The molecule has 1 aromatic heterocycles. The molecule has 0 radical (unpaired) electrons. The summed E-state index contributed by atoms with van der Waals surface area (Å²) in [6.45, 7) is 0.358. The number of aryl methyl sites for hydroxylation is 1. The van der Waals surface area contributed by atoms with Crippen LogP contribution in [0.25, 0.3) is 11.3 Å². The lowest BCUT2D eigenvalue weighted by molar-refractivity contribution is 0.0689. The van der Waals surface area contributed by atoms with Gasteiger partial charge in [-0.2, -0.15) is 5.10 Å². The minimum atomic E-state index is -1.14. The normalized spacial score (nSPS) is 10.7. The number of methoxy groups -OCH3 is 1. The lowest BCUT2D eigenvalue weighted by atomic mass is 10.1. The van der Waals surface area contributed by atoms with Crippen molar-refractivity contribution in [3.63, 3.8) is 0 Å². The van der Waals surface area contributed by atoms with Crippen molar-refractivity contribution in [1.82, 2.24) is 9.78 Å². The second-order valence-electron chi connectivity index (χ2n) is 4.09. The van der Waals surface area contributed by atoms with Crippen molar-refractivity contribution in [2.75, 3.05) is 7.11 Å². The molecule has 0 spiro atoms. The minimum Gasteiger partial charge on any atom is -0.476 e. The highest BCUT2D eigenvalue weighted by Gasteiger charge is 2.15. The quantitative estimate of drug-likeness (QED) is 0.918. The van der Waals surface area contributed by atoms with Gasteiger partial charge in [-0.1, -0.05) is 6.07 Å². The monoisotopic (exact) mass is 264 g/mol. The highest BCUT2D eigenvalue weighted by atomic mass is 19.1. The van der Waals surface area contributed by atoms with Crippen molar-refractivity contribution in [1.29, 1.82) is 0 Å². The molecule has 0 saturated heterocycles. The molecule has 6 heteroatoms. The van der Waals surface area contributed by atoms with Crippen LogP contribution in [0.1, 0.15) is 16.1 Å². The molecule has 0 unspecified atom stereocenters. The minimum absolute atomic E-state index is 0.117. The molecule has 0 fully saturated rings. The molecule has 1 aromatic carbocycles. The van der Waals surface area contributed by atoms with Crippen LogP contribution in [-0.2, 0) is 18.4 Å². The Hall–Kier alpha value is -2.21. The number of ether oxygens (including phenoxy) is 1. The maximum absolute atomic E-state index is 13.9. The Balaban J connectivity index is 2.51. The maximum atomic E-state index is 13.9. The van der Waals surface area contributed by atoms with Crippen LogP contribution in [0.5, 0.6) is 0 Å². The van der Waals surface area contributed by atoms with Gasteiger partial charge in [0.15, 0.2) is 5.69 Å². The molecule has 100 valence electrons. The van der Waals surface area contributed by atoms with E-state index in [1.54, 1.807) is 26.3 Å². The van der Waals surface area contributed by atoms with Crippen LogP contribution in [0, 0.1) is 5.82 Å². The molecule has 0 bridgehead atoms. The van der Waals surface area contributed by atoms with Crippen molar-refractivity contribution < 1.29 is 19.0 Å². The summed E-state index contributed by atoms with van der Waals surface area (Å²) in [5.74, 6) is -1.57. The Morgan fingerprint density at radius 1 is 1.47 bits per heavy atom. The number of hydrogen-bond acceptors (Lipinski definition) is 3. The molecular weight excluding hydrogens is 251 g/mol. The van der Waals surface area contributed by atoms with Crippen LogP contribution < -0.4 is 0 Å². The highest BCUT2D eigenvalue weighted by molar-refractivity contribution is 5.87. The first-order valence-corrected chi connectivity index (χ1v) is 5.58. The molecule has 0 aliphatic heterocycles. The van der Waals surface area contributed by atoms with E-state index in [0.717, 1.165) is 5.56 Å². The van der Waals surface area contributed by atoms with Crippen molar-refractivity contribution in [2.24, 2.45) is 7.05 Å². The number of hydrogen-bond donors (Lipinski definition) is 1. The Morgan fingerprint density at radius 3 is 2.79 bits per heavy atom. The lowest BCUT2D eigenvalue weighted by Gasteiger charge is -2.06.